The molecule has 2 N–H and O–H groups in total. The van der Waals surface area contributed by atoms with E-state index in [1.165, 1.54) is 24.3 Å². The molecule has 1 saturated heterocycles. The third kappa shape index (κ3) is 3.94. The molecule has 0 spiro atoms. The number of anilines is 2. The number of hydrogen-bond acceptors (Lipinski definition) is 5. The topological polar surface area (TPSA) is 82.8 Å². The second-order valence-electron chi connectivity index (χ2n) is 7.29. The summed E-state index contributed by atoms with van der Waals surface area (Å²) < 4.78 is 19.3. The first kappa shape index (κ1) is 19.0. The first-order valence-corrected chi connectivity index (χ1v) is 9.51. The van der Waals surface area contributed by atoms with Crippen molar-refractivity contribution in [1.82, 2.24) is 0 Å². The lowest BCUT2D eigenvalue weighted by Crippen LogP contribution is -2.21. The summed E-state index contributed by atoms with van der Waals surface area (Å²) in [5.74, 6) is -0.868. The standard InChI is InChI=1S/C22H21FN2O4/c1-13-18-5-4-17(26)11-20(18)29-22(28)19(13)12-21(27)24-15-8-14(23)9-16(10-15)25-6-2-3-7-25/h4-5,8-11,26H,2-3,6-7,12H2,1H3,(H,24,27). The number of fused-ring (bicyclic) bond motifs is 1. The molecule has 0 atom stereocenters. The van der Waals surface area contributed by atoms with E-state index in [-0.39, 0.29) is 23.3 Å². The number of nitrogens with one attached hydrogen (secondary N) is 1. The van der Waals surface area contributed by atoms with Gasteiger partial charge in [-0.05, 0) is 55.7 Å². The maximum Gasteiger partial charge on any atom is 0.340 e. The fourth-order valence-electron chi connectivity index (χ4n) is 3.76. The van der Waals surface area contributed by atoms with Crippen molar-refractivity contribution in [2.45, 2.75) is 26.2 Å². The molecule has 2 aromatic carbocycles. The minimum absolute atomic E-state index is 0.00884. The number of amides is 1. The van der Waals surface area contributed by atoms with Crippen LogP contribution in [0.5, 0.6) is 5.75 Å². The van der Waals surface area contributed by atoms with E-state index in [1.54, 1.807) is 19.1 Å². The lowest BCUT2D eigenvalue weighted by atomic mass is 10.0. The van der Waals surface area contributed by atoms with E-state index < -0.39 is 17.3 Å². The first-order valence-electron chi connectivity index (χ1n) is 9.51. The van der Waals surface area contributed by atoms with E-state index in [2.05, 4.69) is 10.2 Å². The lowest BCUT2D eigenvalue weighted by molar-refractivity contribution is -0.115. The van der Waals surface area contributed by atoms with Crippen LogP contribution in [0.15, 0.2) is 45.6 Å². The summed E-state index contributed by atoms with van der Waals surface area (Å²) >= 11 is 0. The fourth-order valence-corrected chi connectivity index (χ4v) is 3.76. The van der Waals surface area contributed by atoms with Crippen molar-refractivity contribution in [3.8, 4) is 5.75 Å². The van der Waals surface area contributed by atoms with Crippen LogP contribution in [0, 0.1) is 12.7 Å². The van der Waals surface area contributed by atoms with Crippen LogP contribution < -0.4 is 15.8 Å². The molecule has 29 heavy (non-hydrogen) atoms. The van der Waals surface area contributed by atoms with Gasteiger partial charge in [0.25, 0.3) is 0 Å². The first-order chi connectivity index (χ1) is 13.9. The summed E-state index contributed by atoms with van der Waals surface area (Å²) in [6.07, 6.45) is 1.93. The molecule has 1 aromatic heterocycles. The van der Waals surface area contributed by atoms with E-state index in [9.17, 15) is 19.1 Å². The SMILES string of the molecule is Cc1c(CC(=O)Nc2cc(F)cc(N3CCCC3)c2)c(=O)oc2cc(O)ccc12. The molecule has 1 aliphatic rings. The largest absolute Gasteiger partial charge is 0.508 e. The van der Waals surface area contributed by atoms with E-state index in [1.807, 2.05) is 0 Å². The second-order valence-corrected chi connectivity index (χ2v) is 7.29. The average molecular weight is 396 g/mol. The zero-order valence-corrected chi connectivity index (χ0v) is 16.0. The molecule has 1 aliphatic heterocycles. The number of aryl methyl sites for hydroxylation is 1. The highest BCUT2D eigenvalue weighted by Crippen LogP contribution is 2.26. The Morgan fingerprint density at radius 1 is 1.21 bits per heavy atom. The third-order valence-corrected chi connectivity index (χ3v) is 5.25. The van der Waals surface area contributed by atoms with E-state index in [0.717, 1.165) is 31.6 Å². The molecule has 0 aliphatic carbocycles. The summed E-state index contributed by atoms with van der Waals surface area (Å²) in [6.45, 7) is 3.46. The van der Waals surface area contributed by atoms with Crippen LogP contribution in [0.2, 0.25) is 0 Å². The smallest absolute Gasteiger partial charge is 0.340 e. The van der Waals surface area contributed by atoms with Crippen molar-refractivity contribution in [3.63, 3.8) is 0 Å². The zero-order valence-electron chi connectivity index (χ0n) is 16.0. The number of halogens is 1. The molecular weight excluding hydrogens is 375 g/mol. The van der Waals surface area contributed by atoms with Gasteiger partial charge < -0.3 is 19.7 Å². The Bertz CT molecular complexity index is 1150. The van der Waals surface area contributed by atoms with Crippen molar-refractivity contribution < 1.29 is 18.7 Å². The van der Waals surface area contributed by atoms with Gasteiger partial charge in [-0.25, -0.2) is 9.18 Å². The molecule has 0 radical (unpaired) electrons. The van der Waals surface area contributed by atoms with Gasteiger partial charge in [0.05, 0.1) is 12.0 Å². The van der Waals surface area contributed by atoms with Crippen LogP contribution in [0.1, 0.15) is 24.0 Å². The number of benzene rings is 2. The zero-order chi connectivity index (χ0) is 20.5. The molecular formula is C22H21FN2O4. The van der Waals surface area contributed by atoms with Crippen LogP contribution in [-0.2, 0) is 11.2 Å². The fraction of sp³-hybridized carbons (Fsp3) is 0.273. The van der Waals surface area contributed by atoms with E-state index in [4.69, 9.17) is 4.42 Å². The van der Waals surface area contributed by atoms with Crippen LogP contribution in [0.3, 0.4) is 0 Å². The van der Waals surface area contributed by atoms with Gasteiger partial charge in [-0.2, -0.15) is 0 Å². The maximum absolute atomic E-state index is 14.0. The number of aromatic hydroxyl groups is 1. The third-order valence-electron chi connectivity index (χ3n) is 5.25. The maximum atomic E-state index is 14.0. The van der Waals surface area contributed by atoms with E-state index >= 15 is 0 Å². The van der Waals surface area contributed by atoms with Gasteiger partial charge in [0.15, 0.2) is 0 Å². The molecule has 1 amide bonds. The summed E-state index contributed by atoms with van der Waals surface area (Å²) in [5.41, 5.74) is 1.56. The van der Waals surface area contributed by atoms with Crippen LogP contribution in [-0.4, -0.2) is 24.1 Å². The number of phenolic OH excluding ortho intramolecular Hbond substituents is 1. The average Bonchev–Trinajstić information content (AvgIpc) is 3.19. The second kappa shape index (κ2) is 7.58. The number of nitrogens with zero attached hydrogens (tertiary/aromatic N) is 1. The Kier molecular flexibility index (Phi) is 4.96. The summed E-state index contributed by atoms with van der Waals surface area (Å²) in [5, 5.41) is 12.9. The summed E-state index contributed by atoms with van der Waals surface area (Å²) in [6, 6.07) is 8.95. The minimum atomic E-state index is -0.632. The van der Waals surface area contributed by atoms with Gasteiger partial charge in [-0.3, -0.25) is 4.79 Å². The molecule has 150 valence electrons. The van der Waals surface area contributed by atoms with Gasteiger partial charge >= 0.3 is 5.63 Å². The number of carbonyl (C=O) groups excluding carboxylic acids is 1. The summed E-state index contributed by atoms with van der Waals surface area (Å²) in [4.78, 5) is 27.0. The number of rotatable bonds is 4. The Labute approximate surface area is 166 Å². The molecule has 2 heterocycles. The van der Waals surface area contributed by atoms with Gasteiger partial charge in [0.1, 0.15) is 17.1 Å². The minimum Gasteiger partial charge on any atom is -0.508 e. The van der Waals surface area contributed by atoms with Crippen LogP contribution in [0.4, 0.5) is 15.8 Å². The molecule has 0 unspecified atom stereocenters. The van der Waals surface area contributed by atoms with Crippen molar-refractivity contribution in [2.75, 3.05) is 23.3 Å². The highest BCUT2D eigenvalue weighted by molar-refractivity contribution is 5.94. The Morgan fingerprint density at radius 3 is 2.72 bits per heavy atom. The molecule has 0 bridgehead atoms. The molecule has 4 rings (SSSR count). The highest BCUT2D eigenvalue weighted by Gasteiger charge is 2.17. The molecule has 3 aromatic rings. The monoisotopic (exact) mass is 396 g/mol. The van der Waals surface area contributed by atoms with Crippen molar-refractivity contribution in [1.29, 1.82) is 0 Å². The molecule has 7 heteroatoms. The molecule has 1 fully saturated rings. The van der Waals surface area contributed by atoms with Crippen molar-refractivity contribution in [2.24, 2.45) is 0 Å². The highest BCUT2D eigenvalue weighted by atomic mass is 19.1. The predicted molar refractivity (Wildman–Crippen MR) is 109 cm³/mol. The Hall–Kier alpha value is -3.35. The molecule has 6 nitrogen and oxygen atoms in total. The van der Waals surface area contributed by atoms with Crippen molar-refractivity contribution in [3.05, 3.63) is 63.8 Å². The van der Waals surface area contributed by atoms with Gasteiger partial charge in [0, 0.05) is 35.9 Å². The van der Waals surface area contributed by atoms with Crippen LogP contribution >= 0.6 is 0 Å². The van der Waals surface area contributed by atoms with Gasteiger partial charge in [-0.1, -0.05) is 0 Å². The molecule has 0 saturated carbocycles. The van der Waals surface area contributed by atoms with Crippen molar-refractivity contribution >= 4 is 28.3 Å². The van der Waals surface area contributed by atoms with Crippen LogP contribution in [0.25, 0.3) is 11.0 Å². The number of carbonyl (C=O) groups is 1. The Balaban J connectivity index is 1.57. The predicted octanol–water partition coefficient (Wildman–Crippen LogP) is 3.73. The van der Waals surface area contributed by atoms with Gasteiger partial charge in [-0.15, -0.1) is 0 Å². The summed E-state index contributed by atoms with van der Waals surface area (Å²) in [7, 11) is 0. The lowest BCUT2D eigenvalue weighted by Gasteiger charge is -2.19. The normalized spacial score (nSPS) is 13.8. The quantitative estimate of drug-likeness (QED) is 0.657. The van der Waals surface area contributed by atoms with Gasteiger partial charge in [0.2, 0.25) is 5.91 Å². The van der Waals surface area contributed by atoms with E-state index in [0.29, 0.717) is 16.6 Å². The Morgan fingerprint density at radius 2 is 1.97 bits per heavy atom. The number of phenols is 1. The number of hydrogen-bond donors (Lipinski definition) is 2.